The summed E-state index contributed by atoms with van der Waals surface area (Å²) in [4.78, 5) is 13.8. The number of fused-ring (bicyclic) bond motifs is 1. The number of carbonyl (C=O) groups excluding carboxylic acids is 1. The molecule has 1 heterocycles. The Morgan fingerprint density at radius 1 is 1.32 bits per heavy atom. The van der Waals surface area contributed by atoms with Gasteiger partial charge in [-0.3, -0.25) is 4.79 Å². The average Bonchev–Trinajstić information content (AvgIpc) is 2.37. The highest BCUT2D eigenvalue weighted by molar-refractivity contribution is 7.88. The fraction of sp³-hybridized carbons (Fsp3) is 0.462. The number of sulfonamides is 1. The molecule has 0 aliphatic carbocycles. The van der Waals surface area contributed by atoms with E-state index in [2.05, 4.69) is 6.07 Å². The Morgan fingerprint density at radius 2 is 1.95 bits per heavy atom. The predicted octanol–water partition coefficient (Wildman–Crippen LogP) is 0.463. The van der Waals surface area contributed by atoms with E-state index in [-0.39, 0.29) is 12.5 Å². The maximum Gasteiger partial charge on any atom is 0.238 e. The van der Waals surface area contributed by atoms with Crippen molar-refractivity contribution in [1.29, 1.82) is 0 Å². The molecule has 6 heteroatoms. The van der Waals surface area contributed by atoms with Crippen molar-refractivity contribution in [2.75, 3.05) is 26.4 Å². The molecule has 1 amide bonds. The van der Waals surface area contributed by atoms with Gasteiger partial charge in [-0.2, -0.15) is 4.31 Å². The van der Waals surface area contributed by atoms with Crippen molar-refractivity contribution < 1.29 is 13.2 Å². The first-order valence-electron chi connectivity index (χ1n) is 6.14. The molecule has 1 aliphatic heterocycles. The zero-order chi connectivity index (χ0) is 14.0. The van der Waals surface area contributed by atoms with Crippen molar-refractivity contribution in [2.45, 2.75) is 13.0 Å². The average molecular weight is 282 g/mol. The molecule has 0 saturated carbocycles. The molecular formula is C13H18N2O3S. The Balaban J connectivity index is 2.03. The van der Waals surface area contributed by atoms with Crippen molar-refractivity contribution >= 4 is 15.9 Å². The van der Waals surface area contributed by atoms with Gasteiger partial charge in [0.05, 0.1) is 12.8 Å². The van der Waals surface area contributed by atoms with E-state index in [0.29, 0.717) is 13.1 Å². The lowest BCUT2D eigenvalue weighted by Gasteiger charge is -2.30. The first-order valence-corrected chi connectivity index (χ1v) is 7.98. The Kier molecular flexibility index (Phi) is 3.91. The van der Waals surface area contributed by atoms with Crippen molar-refractivity contribution in [1.82, 2.24) is 9.21 Å². The molecule has 0 atom stereocenters. The molecule has 0 unspecified atom stereocenters. The summed E-state index contributed by atoms with van der Waals surface area (Å²) in [5, 5.41) is 0. The number of amides is 1. The Hall–Kier alpha value is -1.40. The molecule has 1 aromatic rings. The maximum atomic E-state index is 12.1. The van der Waals surface area contributed by atoms with E-state index in [4.69, 9.17) is 0 Å². The molecule has 0 aromatic heterocycles. The van der Waals surface area contributed by atoms with Gasteiger partial charge in [0.1, 0.15) is 0 Å². The molecule has 5 nitrogen and oxygen atoms in total. The Labute approximate surface area is 113 Å². The van der Waals surface area contributed by atoms with Crippen molar-refractivity contribution in [2.24, 2.45) is 0 Å². The van der Waals surface area contributed by atoms with E-state index < -0.39 is 10.0 Å². The maximum absolute atomic E-state index is 12.1. The van der Waals surface area contributed by atoms with Crippen LogP contribution in [-0.4, -0.2) is 49.9 Å². The topological polar surface area (TPSA) is 57.7 Å². The van der Waals surface area contributed by atoms with Gasteiger partial charge >= 0.3 is 0 Å². The summed E-state index contributed by atoms with van der Waals surface area (Å²) < 4.78 is 23.7. The Bertz CT molecular complexity index is 583. The smallest absolute Gasteiger partial charge is 0.238 e. The lowest BCUT2D eigenvalue weighted by atomic mass is 10.00. The van der Waals surface area contributed by atoms with Crippen LogP contribution in [0.3, 0.4) is 0 Å². The summed E-state index contributed by atoms with van der Waals surface area (Å²) in [5.41, 5.74) is 2.41. The van der Waals surface area contributed by atoms with Gasteiger partial charge in [-0.15, -0.1) is 0 Å². The van der Waals surface area contributed by atoms with Crippen LogP contribution in [0.4, 0.5) is 0 Å². The third-order valence-electron chi connectivity index (χ3n) is 3.41. The van der Waals surface area contributed by atoms with Gasteiger partial charge in [-0.05, 0) is 17.5 Å². The third-order valence-corrected chi connectivity index (χ3v) is 4.67. The quantitative estimate of drug-likeness (QED) is 0.809. The van der Waals surface area contributed by atoms with Crippen LogP contribution in [0.5, 0.6) is 0 Å². The normalized spacial score (nSPS) is 15.4. The second-order valence-corrected chi connectivity index (χ2v) is 6.94. The first-order chi connectivity index (χ1) is 8.88. The molecule has 0 fully saturated rings. The highest BCUT2D eigenvalue weighted by Crippen LogP contribution is 2.18. The molecule has 0 saturated heterocycles. The number of carbonyl (C=O) groups is 1. The van der Waals surface area contributed by atoms with Gasteiger partial charge in [0.25, 0.3) is 0 Å². The summed E-state index contributed by atoms with van der Waals surface area (Å²) >= 11 is 0. The van der Waals surface area contributed by atoms with Crippen LogP contribution in [0.1, 0.15) is 11.1 Å². The summed E-state index contributed by atoms with van der Waals surface area (Å²) in [5.74, 6) is -0.151. The first kappa shape index (κ1) is 14.0. The molecule has 19 heavy (non-hydrogen) atoms. The Morgan fingerprint density at radius 3 is 2.58 bits per heavy atom. The van der Waals surface area contributed by atoms with E-state index >= 15 is 0 Å². The lowest BCUT2D eigenvalue weighted by Crippen LogP contribution is -2.42. The molecule has 2 rings (SSSR count). The van der Waals surface area contributed by atoms with Gasteiger partial charge in [-0.1, -0.05) is 24.3 Å². The number of hydrogen-bond acceptors (Lipinski definition) is 3. The summed E-state index contributed by atoms with van der Waals surface area (Å²) in [6.45, 7) is 1.11. The standard InChI is InChI=1S/C13H18N2O3S/c1-14(19(2,17)18)10-13(16)15-8-7-11-5-3-4-6-12(11)9-15/h3-6H,7-10H2,1-2H3. The zero-order valence-corrected chi connectivity index (χ0v) is 12.0. The molecule has 104 valence electrons. The van der Waals surface area contributed by atoms with Crippen LogP contribution in [-0.2, 0) is 27.8 Å². The largest absolute Gasteiger partial charge is 0.337 e. The van der Waals surface area contributed by atoms with Crippen LogP contribution in [0.2, 0.25) is 0 Å². The van der Waals surface area contributed by atoms with Crippen LogP contribution < -0.4 is 0 Å². The van der Waals surface area contributed by atoms with E-state index in [1.165, 1.54) is 12.6 Å². The minimum atomic E-state index is -3.31. The number of likely N-dealkylation sites (N-methyl/N-ethyl adjacent to an activating group) is 1. The van der Waals surface area contributed by atoms with E-state index in [1.54, 1.807) is 4.90 Å². The van der Waals surface area contributed by atoms with Crippen molar-refractivity contribution in [3.63, 3.8) is 0 Å². The monoisotopic (exact) mass is 282 g/mol. The van der Waals surface area contributed by atoms with Gasteiger partial charge < -0.3 is 4.90 Å². The van der Waals surface area contributed by atoms with Crippen molar-refractivity contribution in [3.05, 3.63) is 35.4 Å². The fourth-order valence-corrected chi connectivity index (χ4v) is 2.46. The molecule has 1 aliphatic rings. The van der Waals surface area contributed by atoms with E-state index in [1.807, 2.05) is 18.2 Å². The number of hydrogen-bond donors (Lipinski definition) is 0. The molecule has 0 N–H and O–H groups in total. The molecule has 0 spiro atoms. The second-order valence-electron chi connectivity index (χ2n) is 4.85. The number of nitrogens with zero attached hydrogens (tertiary/aromatic N) is 2. The second kappa shape index (κ2) is 5.30. The minimum Gasteiger partial charge on any atom is -0.337 e. The van der Waals surface area contributed by atoms with Gasteiger partial charge in [0.2, 0.25) is 15.9 Å². The van der Waals surface area contributed by atoms with E-state index in [9.17, 15) is 13.2 Å². The van der Waals surface area contributed by atoms with Crippen molar-refractivity contribution in [3.8, 4) is 0 Å². The minimum absolute atomic E-state index is 0.0962. The molecule has 0 bridgehead atoms. The van der Waals surface area contributed by atoms with E-state index in [0.717, 1.165) is 22.5 Å². The van der Waals surface area contributed by atoms with Gasteiger partial charge in [0, 0.05) is 20.1 Å². The van der Waals surface area contributed by atoms with Crippen LogP contribution in [0.25, 0.3) is 0 Å². The highest BCUT2D eigenvalue weighted by atomic mass is 32.2. The number of benzene rings is 1. The summed E-state index contributed by atoms with van der Waals surface area (Å²) in [6, 6.07) is 8.03. The molecule has 1 aromatic carbocycles. The summed E-state index contributed by atoms with van der Waals surface area (Å²) in [6.07, 6.45) is 1.93. The highest BCUT2D eigenvalue weighted by Gasteiger charge is 2.23. The van der Waals surface area contributed by atoms with Crippen LogP contribution >= 0.6 is 0 Å². The fourth-order valence-electron chi connectivity index (χ4n) is 2.12. The predicted molar refractivity (Wildman–Crippen MR) is 73.0 cm³/mol. The molecular weight excluding hydrogens is 264 g/mol. The summed E-state index contributed by atoms with van der Waals surface area (Å²) in [7, 11) is -1.89. The van der Waals surface area contributed by atoms with Crippen LogP contribution in [0.15, 0.2) is 24.3 Å². The number of rotatable bonds is 3. The SMILES string of the molecule is CN(CC(=O)N1CCc2ccccc2C1)S(C)(=O)=O. The lowest BCUT2D eigenvalue weighted by molar-refractivity contribution is -0.132. The zero-order valence-electron chi connectivity index (χ0n) is 11.2. The van der Waals surface area contributed by atoms with Gasteiger partial charge in [0.15, 0.2) is 0 Å². The third kappa shape index (κ3) is 3.33. The molecule has 0 radical (unpaired) electrons. The van der Waals surface area contributed by atoms with Crippen LogP contribution in [0, 0.1) is 0 Å². The van der Waals surface area contributed by atoms with Gasteiger partial charge in [-0.25, -0.2) is 8.42 Å².